The monoisotopic (exact) mass is 309 g/mol. The van der Waals surface area contributed by atoms with Gasteiger partial charge in [0.05, 0.1) is 22.9 Å². The Kier molecular flexibility index (Phi) is 3.61. The van der Waals surface area contributed by atoms with Crippen LogP contribution in [0.4, 0.5) is 0 Å². The molecule has 2 heterocycles. The summed E-state index contributed by atoms with van der Waals surface area (Å²) in [6.45, 7) is 4.01. The minimum atomic E-state index is -3.27. The molecule has 1 saturated carbocycles. The SMILES string of the molecule is CC(C)n1ccc(CS(=O)(=O)Cc2conc2C2CC2)n1. The van der Waals surface area contributed by atoms with Gasteiger partial charge in [0.25, 0.3) is 0 Å². The number of hydrogen-bond donors (Lipinski definition) is 0. The van der Waals surface area contributed by atoms with Gasteiger partial charge in [-0.1, -0.05) is 5.16 Å². The molecule has 1 fully saturated rings. The molecule has 1 aliphatic carbocycles. The Morgan fingerprint density at radius 2 is 2.14 bits per heavy atom. The zero-order valence-corrected chi connectivity index (χ0v) is 13.0. The summed E-state index contributed by atoms with van der Waals surface area (Å²) in [6.07, 6.45) is 5.40. The van der Waals surface area contributed by atoms with Crippen LogP contribution in [0.25, 0.3) is 0 Å². The average molecular weight is 309 g/mol. The summed E-state index contributed by atoms with van der Waals surface area (Å²) in [5.74, 6) is 0.299. The summed E-state index contributed by atoms with van der Waals surface area (Å²) in [6, 6.07) is 1.98. The van der Waals surface area contributed by atoms with E-state index in [1.165, 1.54) is 6.26 Å². The second-order valence-electron chi connectivity index (χ2n) is 5.91. The Bertz CT molecular complexity index is 726. The zero-order valence-electron chi connectivity index (χ0n) is 12.2. The summed E-state index contributed by atoms with van der Waals surface area (Å²) in [4.78, 5) is 0. The van der Waals surface area contributed by atoms with Gasteiger partial charge in [0.1, 0.15) is 6.26 Å². The van der Waals surface area contributed by atoms with Crippen LogP contribution in [-0.4, -0.2) is 23.4 Å². The molecule has 0 unspecified atom stereocenters. The second-order valence-corrected chi connectivity index (χ2v) is 7.98. The van der Waals surface area contributed by atoms with Crippen molar-refractivity contribution in [1.29, 1.82) is 0 Å². The highest BCUT2D eigenvalue weighted by molar-refractivity contribution is 7.89. The van der Waals surface area contributed by atoms with Crippen molar-refractivity contribution in [3.05, 3.63) is 35.5 Å². The lowest BCUT2D eigenvalue weighted by Crippen LogP contribution is -2.10. The molecule has 0 saturated heterocycles. The number of rotatable bonds is 6. The molecule has 21 heavy (non-hydrogen) atoms. The fourth-order valence-electron chi connectivity index (χ4n) is 2.32. The van der Waals surface area contributed by atoms with Crippen molar-refractivity contribution in [3.63, 3.8) is 0 Å². The van der Waals surface area contributed by atoms with Gasteiger partial charge >= 0.3 is 0 Å². The van der Waals surface area contributed by atoms with E-state index in [0.29, 0.717) is 17.2 Å². The van der Waals surface area contributed by atoms with Crippen LogP contribution in [0.2, 0.25) is 0 Å². The lowest BCUT2D eigenvalue weighted by atomic mass is 10.2. The van der Waals surface area contributed by atoms with Crippen molar-refractivity contribution < 1.29 is 12.9 Å². The quantitative estimate of drug-likeness (QED) is 0.819. The molecule has 114 valence electrons. The van der Waals surface area contributed by atoms with Crippen LogP contribution < -0.4 is 0 Å². The summed E-state index contributed by atoms with van der Waals surface area (Å²) >= 11 is 0. The lowest BCUT2D eigenvalue weighted by Gasteiger charge is -2.04. The summed E-state index contributed by atoms with van der Waals surface area (Å²) in [5, 5.41) is 8.23. The number of nitrogens with zero attached hydrogens (tertiary/aromatic N) is 3. The highest BCUT2D eigenvalue weighted by atomic mass is 32.2. The molecule has 0 amide bonds. The van der Waals surface area contributed by atoms with E-state index in [1.807, 2.05) is 20.0 Å². The van der Waals surface area contributed by atoms with Crippen molar-refractivity contribution in [2.75, 3.05) is 0 Å². The second kappa shape index (κ2) is 5.29. The van der Waals surface area contributed by atoms with Gasteiger partial charge in [-0.3, -0.25) is 4.68 Å². The Balaban J connectivity index is 1.72. The molecule has 2 aromatic heterocycles. The van der Waals surface area contributed by atoms with Crippen LogP contribution in [0.15, 0.2) is 23.0 Å². The molecule has 0 bridgehead atoms. The molecule has 2 aromatic rings. The van der Waals surface area contributed by atoms with Gasteiger partial charge in [-0.2, -0.15) is 5.10 Å². The zero-order chi connectivity index (χ0) is 15.0. The average Bonchev–Trinajstić information content (AvgIpc) is 2.95. The Morgan fingerprint density at radius 1 is 1.38 bits per heavy atom. The van der Waals surface area contributed by atoms with Crippen LogP contribution in [0.3, 0.4) is 0 Å². The summed E-state index contributed by atoms with van der Waals surface area (Å²) in [5.41, 5.74) is 2.08. The molecule has 7 heteroatoms. The van der Waals surface area contributed by atoms with Crippen LogP contribution in [0, 0.1) is 0 Å². The molecule has 6 nitrogen and oxygen atoms in total. The summed E-state index contributed by atoms with van der Waals surface area (Å²) in [7, 11) is -3.27. The maximum absolute atomic E-state index is 12.3. The Hall–Kier alpha value is -1.63. The first kappa shape index (κ1) is 14.3. The predicted molar refractivity (Wildman–Crippen MR) is 77.4 cm³/mol. The van der Waals surface area contributed by atoms with E-state index in [0.717, 1.165) is 18.5 Å². The van der Waals surface area contributed by atoms with Crippen LogP contribution in [0.5, 0.6) is 0 Å². The van der Waals surface area contributed by atoms with Gasteiger partial charge in [0.15, 0.2) is 9.84 Å². The molecule has 1 aliphatic rings. The van der Waals surface area contributed by atoms with E-state index in [4.69, 9.17) is 4.52 Å². The minimum Gasteiger partial charge on any atom is -0.364 e. The Labute approximate surface area is 124 Å². The van der Waals surface area contributed by atoms with Gasteiger partial charge in [-0.05, 0) is 32.8 Å². The molecular weight excluding hydrogens is 290 g/mol. The highest BCUT2D eigenvalue weighted by Gasteiger charge is 2.31. The third-order valence-corrected chi connectivity index (χ3v) is 5.06. The highest BCUT2D eigenvalue weighted by Crippen LogP contribution is 2.41. The van der Waals surface area contributed by atoms with Crippen molar-refractivity contribution in [1.82, 2.24) is 14.9 Å². The van der Waals surface area contributed by atoms with Crippen molar-refractivity contribution in [2.45, 2.75) is 50.2 Å². The van der Waals surface area contributed by atoms with Crippen LogP contribution >= 0.6 is 0 Å². The van der Waals surface area contributed by atoms with E-state index in [1.54, 1.807) is 10.7 Å². The molecule has 0 N–H and O–H groups in total. The van der Waals surface area contributed by atoms with E-state index < -0.39 is 9.84 Å². The van der Waals surface area contributed by atoms with Gasteiger partial charge < -0.3 is 4.52 Å². The number of sulfone groups is 1. The molecule has 3 rings (SSSR count). The van der Waals surface area contributed by atoms with E-state index >= 15 is 0 Å². The third-order valence-electron chi connectivity index (χ3n) is 3.57. The maximum atomic E-state index is 12.3. The molecule has 0 atom stereocenters. The standard InChI is InChI=1S/C14H19N3O3S/c1-10(2)17-6-5-13(15-17)9-21(18,19)8-12-7-20-16-14(12)11-3-4-11/h5-7,10-11H,3-4,8-9H2,1-2H3. The van der Waals surface area contributed by atoms with E-state index in [2.05, 4.69) is 10.3 Å². The topological polar surface area (TPSA) is 78.0 Å². The normalized spacial score (nSPS) is 15.8. The predicted octanol–water partition coefficient (Wildman–Crippen LogP) is 2.44. The minimum absolute atomic E-state index is 0.0309. The van der Waals surface area contributed by atoms with Crippen LogP contribution in [0.1, 0.15) is 55.6 Å². The number of hydrogen-bond acceptors (Lipinski definition) is 5. The van der Waals surface area contributed by atoms with Crippen LogP contribution in [-0.2, 0) is 21.3 Å². The van der Waals surface area contributed by atoms with E-state index in [9.17, 15) is 8.42 Å². The molecule has 0 aromatic carbocycles. The van der Waals surface area contributed by atoms with Gasteiger partial charge in [-0.15, -0.1) is 0 Å². The smallest absolute Gasteiger partial charge is 0.160 e. The van der Waals surface area contributed by atoms with Crippen molar-refractivity contribution >= 4 is 9.84 Å². The first-order chi connectivity index (χ1) is 9.94. The first-order valence-electron chi connectivity index (χ1n) is 7.12. The first-order valence-corrected chi connectivity index (χ1v) is 8.94. The number of aromatic nitrogens is 3. The van der Waals surface area contributed by atoms with Gasteiger partial charge in [0.2, 0.25) is 0 Å². The van der Waals surface area contributed by atoms with Crippen molar-refractivity contribution in [3.8, 4) is 0 Å². The fourth-order valence-corrected chi connectivity index (χ4v) is 3.72. The molecule has 0 radical (unpaired) electrons. The summed E-state index contributed by atoms with van der Waals surface area (Å²) < 4.78 is 31.4. The van der Waals surface area contributed by atoms with Gasteiger partial charge in [-0.25, -0.2) is 8.42 Å². The fraction of sp³-hybridized carbons (Fsp3) is 0.571. The van der Waals surface area contributed by atoms with Gasteiger partial charge in [0, 0.05) is 23.7 Å². The molecular formula is C14H19N3O3S. The largest absolute Gasteiger partial charge is 0.364 e. The molecule has 0 aliphatic heterocycles. The Morgan fingerprint density at radius 3 is 2.76 bits per heavy atom. The van der Waals surface area contributed by atoms with E-state index in [-0.39, 0.29) is 17.5 Å². The molecule has 0 spiro atoms. The lowest BCUT2D eigenvalue weighted by molar-refractivity contribution is 0.411. The van der Waals surface area contributed by atoms with Crippen molar-refractivity contribution in [2.24, 2.45) is 0 Å². The third kappa shape index (κ3) is 3.34. The maximum Gasteiger partial charge on any atom is 0.160 e.